The molecule has 2 aromatic carbocycles. The molecule has 0 amide bonds. The Morgan fingerprint density at radius 1 is 1.31 bits per heavy atom. The van der Waals surface area contributed by atoms with Crippen molar-refractivity contribution in [2.24, 2.45) is 5.10 Å². The van der Waals surface area contributed by atoms with Crippen LogP contribution in [-0.2, 0) is 11.2 Å². The Morgan fingerprint density at radius 3 is 2.72 bits per heavy atom. The number of ether oxygens (including phenoxy) is 1. The number of benzene rings is 2. The fourth-order valence-corrected chi connectivity index (χ4v) is 3.45. The van der Waals surface area contributed by atoms with Gasteiger partial charge in [0.15, 0.2) is 6.10 Å². The summed E-state index contributed by atoms with van der Waals surface area (Å²) in [7, 11) is 0. The minimum Gasteiger partial charge on any atom is -0.479 e. The van der Waals surface area contributed by atoms with E-state index in [1.807, 2.05) is 13.0 Å². The molecule has 9 heteroatoms. The normalized spacial score (nSPS) is 12.4. The van der Waals surface area contributed by atoms with E-state index in [0.717, 1.165) is 4.47 Å². The number of carbonyl (C=O) groups is 1. The number of hydrogen-bond acceptors (Lipinski definition) is 5. The van der Waals surface area contributed by atoms with Gasteiger partial charge in [-0.2, -0.15) is 9.78 Å². The molecular weight excluding hydrogens is 506 g/mol. The maximum atomic E-state index is 12.9. The Kier molecular flexibility index (Phi) is 6.49. The molecule has 150 valence electrons. The highest BCUT2D eigenvalue weighted by Crippen LogP contribution is 2.26. The monoisotopic (exact) mass is 521 g/mol. The van der Waals surface area contributed by atoms with Crippen LogP contribution in [0.5, 0.6) is 5.75 Å². The van der Waals surface area contributed by atoms with E-state index >= 15 is 0 Å². The zero-order chi connectivity index (χ0) is 21.1. The van der Waals surface area contributed by atoms with Gasteiger partial charge in [0, 0.05) is 10.9 Å². The number of aliphatic carboxylic acids is 1. The van der Waals surface area contributed by atoms with Gasteiger partial charge < -0.3 is 9.84 Å². The van der Waals surface area contributed by atoms with Gasteiger partial charge in [0.1, 0.15) is 11.6 Å². The van der Waals surface area contributed by atoms with Crippen LogP contribution in [0.25, 0.3) is 10.9 Å². The number of aryl methyl sites for hydroxylation is 1. The fraction of sp³-hybridized carbons (Fsp3) is 0.200. The third-order valence-electron chi connectivity index (χ3n) is 4.12. The quantitative estimate of drug-likeness (QED) is 0.489. The lowest BCUT2D eigenvalue weighted by molar-refractivity contribution is -0.144. The SMILES string of the molecule is CCc1nc2ccc(Br)cc2c(=O)n1N=Cc1ccc(O[C@H](C)C(=O)O)c(Br)c1. The molecule has 29 heavy (non-hydrogen) atoms. The van der Waals surface area contributed by atoms with Crippen molar-refractivity contribution in [2.45, 2.75) is 26.4 Å². The number of carboxylic acid groups (broad SMARTS) is 1. The number of nitrogens with zero attached hydrogens (tertiary/aromatic N) is 3. The highest BCUT2D eigenvalue weighted by atomic mass is 79.9. The molecule has 1 heterocycles. The van der Waals surface area contributed by atoms with Crippen LogP contribution in [0.1, 0.15) is 25.2 Å². The van der Waals surface area contributed by atoms with Crippen molar-refractivity contribution in [1.29, 1.82) is 0 Å². The number of carboxylic acids is 1. The Labute approximate surface area is 183 Å². The zero-order valence-electron chi connectivity index (χ0n) is 15.6. The topological polar surface area (TPSA) is 93.8 Å². The summed E-state index contributed by atoms with van der Waals surface area (Å²) in [6.07, 6.45) is 1.11. The minimum absolute atomic E-state index is 0.251. The first-order valence-electron chi connectivity index (χ1n) is 8.74. The molecule has 0 fully saturated rings. The van der Waals surface area contributed by atoms with Crippen molar-refractivity contribution in [2.75, 3.05) is 0 Å². The maximum absolute atomic E-state index is 12.9. The largest absolute Gasteiger partial charge is 0.479 e. The van der Waals surface area contributed by atoms with Crippen LogP contribution in [0.3, 0.4) is 0 Å². The van der Waals surface area contributed by atoms with Crippen LogP contribution in [-0.4, -0.2) is 33.1 Å². The second-order valence-corrected chi connectivity index (χ2v) is 7.96. The lowest BCUT2D eigenvalue weighted by Crippen LogP contribution is -2.23. The Morgan fingerprint density at radius 2 is 2.07 bits per heavy atom. The van der Waals surface area contributed by atoms with Gasteiger partial charge in [-0.25, -0.2) is 9.78 Å². The van der Waals surface area contributed by atoms with Gasteiger partial charge >= 0.3 is 5.97 Å². The van der Waals surface area contributed by atoms with E-state index in [-0.39, 0.29) is 5.56 Å². The molecule has 1 aromatic heterocycles. The smallest absolute Gasteiger partial charge is 0.344 e. The maximum Gasteiger partial charge on any atom is 0.344 e. The number of halogens is 2. The molecule has 7 nitrogen and oxygen atoms in total. The van der Waals surface area contributed by atoms with E-state index in [1.54, 1.807) is 36.5 Å². The average molecular weight is 523 g/mol. The molecule has 0 aliphatic carbocycles. The molecule has 0 unspecified atom stereocenters. The first kappa shape index (κ1) is 21.2. The van der Waals surface area contributed by atoms with Crippen LogP contribution in [0.2, 0.25) is 0 Å². The summed E-state index contributed by atoms with van der Waals surface area (Å²) < 4.78 is 8.04. The van der Waals surface area contributed by atoms with Crippen LogP contribution >= 0.6 is 31.9 Å². The fourth-order valence-electron chi connectivity index (χ4n) is 2.60. The van der Waals surface area contributed by atoms with Gasteiger partial charge in [-0.15, -0.1) is 0 Å². The number of fused-ring (bicyclic) bond motifs is 1. The molecule has 0 saturated heterocycles. The van der Waals surface area contributed by atoms with Crippen molar-refractivity contribution >= 4 is 54.9 Å². The highest BCUT2D eigenvalue weighted by molar-refractivity contribution is 9.10. The van der Waals surface area contributed by atoms with E-state index in [2.05, 4.69) is 41.9 Å². The van der Waals surface area contributed by atoms with E-state index < -0.39 is 12.1 Å². The first-order valence-corrected chi connectivity index (χ1v) is 10.3. The van der Waals surface area contributed by atoms with Gasteiger partial charge in [-0.1, -0.05) is 22.9 Å². The lowest BCUT2D eigenvalue weighted by Gasteiger charge is -2.12. The summed E-state index contributed by atoms with van der Waals surface area (Å²) in [5.41, 5.74) is 1.08. The molecule has 1 N–H and O–H groups in total. The molecule has 0 aliphatic heterocycles. The molecule has 0 radical (unpaired) electrons. The molecule has 1 atom stereocenters. The number of rotatable bonds is 6. The van der Waals surface area contributed by atoms with Crippen LogP contribution in [0.4, 0.5) is 0 Å². The predicted octanol–water partition coefficient (Wildman–Crippen LogP) is 4.22. The van der Waals surface area contributed by atoms with E-state index in [9.17, 15) is 9.59 Å². The minimum atomic E-state index is -1.05. The van der Waals surface area contributed by atoms with E-state index in [4.69, 9.17) is 9.84 Å². The van der Waals surface area contributed by atoms with Crippen LogP contribution in [0.15, 0.2) is 55.2 Å². The molecule has 3 rings (SSSR count). The third kappa shape index (κ3) is 4.73. The van der Waals surface area contributed by atoms with Gasteiger partial charge in [-0.05, 0) is 64.8 Å². The second kappa shape index (κ2) is 8.87. The standard InChI is InChI=1S/C20H17Br2N3O4/c1-3-18-24-16-6-5-13(21)9-14(16)19(26)25(18)23-10-12-4-7-17(15(22)8-12)29-11(2)20(27)28/h4-11H,3H2,1-2H3,(H,27,28)/t11-/m1/s1. The lowest BCUT2D eigenvalue weighted by atomic mass is 10.2. The van der Waals surface area contributed by atoms with Crippen LogP contribution in [0, 0.1) is 0 Å². The summed E-state index contributed by atoms with van der Waals surface area (Å²) >= 11 is 6.74. The summed E-state index contributed by atoms with van der Waals surface area (Å²) in [5, 5.41) is 13.8. The number of aromatic nitrogens is 2. The van der Waals surface area contributed by atoms with Crippen molar-refractivity contribution in [3.05, 3.63) is 67.1 Å². The summed E-state index contributed by atoms with van der Waals surface area (Å²) in [4.78, 5) is 28.4. The molecular formula is C20H17Br2N3O4. The summed E-state index contributed by atoms with van der Waals surface area (Å²) in [5.74, 6) is -0.0967. The van der Waals surface area contributed by atoms with Crippen LogP contribution < -0.4 is 10.3 Å². The summed E-state index contributed by atoms with van der Waals surface area (Å²) in [6, 6.07) is 10.5. The average Bonchev–Trinajstić information content (AvgIpc) is 2.69. The third-order valence-corrected chi connectivity index (χ3v) is 5.23. The Balaban J connectivity index is 1.96. The zero-order valence-corrected chi connectivity index (χ0v) is 18.8. The molecule has 0 saturated carbocycles. The summed E-state index contributed by atoms with van der Waals surface area (Å²) in [6.45, 7) is 3.36. The van der Waals surface area contributed by atoms with Gasteiger partial charge in [-0.3, -0.25) is 4.79 Å². The molecule has 0 spiro atoms. The van der Waals surface area contributed by atoms with Crippen molar-refractivity contribution in [1.82, 2.24) is 9.66 Å². The molecule has 3 aromatic rings. The first-order chi connectivity index (χ1) is 13.8. The predicted molar refractivity (Wildman–Crippen MR) is 118 cm³/mol. The van der Waals surface area contributed by atoms with Gasteiger partial charge in [0.2, 0.25) is 0 Å². The van der Waals surface area contributed by atoms with Crippen molar-refractivity contribution in [3.8, 4) is 5.75 Å². The van der Waals surface area contributed by atoms with Gasteiger partial charge in [0.25, 0.3) is 5.56 Å². The Bertz CT molecular complexity index is 1170. The molecule has 0 aliphatic rings. The van der Waals surface area contributed by atoms with Crippen molar-refractivity contribution < 1.29 is 14.6 Å². The van der Waals surface area contributed by atoms with E-state index in [1.165, 1.54) is 11.6 Å². The molecule has 0 bridgehead atoms. The van der Waals surface area contributed by atoms with Gasteiger partial charge in [0.05, 0.1) is 21.6 Å². The Hall–Kier alpha value is -2.52. The van der Waals surface area contributed by atoms with Crippen molar-refractivity contribution in [3.63, 3.8) is 0 Å². The second-order valence-electron chi connectivity index (χ2n) is 6.19. The number of hydrogen-bond donors (Lipinski definition) is 1. The van der Waals surface area contributed by atoms with E-state index in [0.29, 0.717) is 38.9 Å². The highest BCUT2D eigenvalue weighted by Gasteiger charge is 2.14.